The normalized spacial score (nSPS) is 10.8. The van der Waals surface area contributed by atoms with E-state index in [4.69, 9.17) is 9.72 Å². The molecule has 0 radical (unpaired) electrons. The van der Waals surface area contributed by atoms with Gasteiger partial charge in [-0.1, -0.05) is 71.9 Å². The minimum absolute atomic E-state index is 0.0658. The Labute approximate surface area is 212 Å². The molecule has 0 saturated carbocycles. The highest BCUT2D eigenvalue weighted by atomic mass is 32.2. The summed E-state index contributed by atoms with van der Waals surface area (Å²) in [5.41, 5.74) is 2.78. The van der Waals surface area contributed by atoms with Gasteiger partial charge in [0.15, 0.2) is 10.9 Å². The lowest BCUT2D eigenvalue weighted by Crippen LogP contribution is -2.23. The van der Waals surface area contributed by atoms with Crippen LogP contribution in [0.3, 0.4) is 0 Å². The van der Waals surface area contributed by atoms with Crippen molar-refractivity contribution in [3.05, 3.63) is 119 Å². The fourth-order valence-electron chi connectivity index (χ4n) is 3.72. The van der Waals surface area contributed by atoms with Gasteiger partial charge in [0, 0.05) is 0 Å². The molecule has 4 aromatic carbocycles. The lowest BCUT2D eigenvalue weighted by Gasteiger charge is -2.14. The maximum absolute atomic E-state index is 13.4. The molecule has 1 heterocycles. The standard InChI is InChI=1S/C29H23N3O3S/c1-20-15-17-21(18-16-20)32-28(34)23-11-5-6-12-24(23)31-29(32)36-19-27(33)30-25-13-7-8-14-26(25)35-22-9-3-2-4-10-22/h2-18H,19H2,1H3,(H,30,33). The van der Waals surface area contributed by atoms with Crippen molar-refractivity contribution in [2.24, 2.45) is 0 Å². The van der Waals surface area contributed by atoms with Gasteiger partial charge in [0.1, 0.15) is 5.75 Å². The molecule has 0 fully saturated rings. The van der Waals surface area contributed by atoms with E-state index in [0.29, 0.717) is 38.9 Å². The number of benzene rings is 4. The topological polar surface area (TPSA) is 73.2 Å². The number of carbonyl (C=O) groups excluding carboxylic acids is 1. The van der Waals surface area contributed by atoms with Gasteiger partial charge in [-0.25, -0.2) is 4.98 Å². The summed E-state index contributed by atoms with van der Waals surface area (Å²) in [7, 11) is 0. The number of para-hydroxylation sites is 4. The molecule has 1 aromatic heterocycles. The smallest absolute Gasteiger partial charge is 0.266 e. The van der Waals surface area contributed by atoms with Crippen LogP contribution in [0, 0.1) is 6.92 Å². The largest absolute Gasteiger partial charge is 0.455 e. The lowest BCUT2D eigenvalue weighted by molar-refractivity contribution is -0.113. The number of ether oxygens (including phenoxy) is 1. The maximum Gasteiger partial charge on any atom is 0.266 e. The van der Waals surface area contributed by atoms with Crippen LogP contribution in [0.2, 0.25) is 0 Å². The Bertz CT molecular complexity index is 1580. The van der Waals surface area contributed by atoms with Crippen LogP contribution in [0.4, 0.5) is 5.69 Å². The van der Waals surface area contributed by atoms with E-state index in [1.807, 2.05) is 85.8 Å². The number of thioether (sulfide) groups is 1. The van der Waals surface area contributed by atoms with Gasteiger partial charge in [-0.2, -0.15) is 0 Å². The fraction of sp³-hybridized carbons (Fsp3) is 0.0690. The van der Waals surface area contributed by atoms with E-state index in [0.717, 1.165) is 5.56 Å². The molecular weight excluding hydrogens is 470 g/mol. The summed E-state index contributed by atoms with van der Waals surface area (Å²) >= 11 is 1.21. The molecule has 0 spiro atoms. The lowest BCUT2D eigenvalue weighted by atomic mass is 10.2. The molecule has 0 aliphatic heterocycles. The average Bonchev–Trinajstić information content (AvgIpc) is 2.90. The van der Waals surface area contributed by atoms with Crippen molar-refractivity contribution in [2.75, 3.05) is 11.1 Å². The van der Waals surface area contributed by atoms with Crippen LogP contribution in [-0.2, 0) is 4.79 Å². The van der Waals surface area contributed by atoms with Gasteiger partial charge in [-0.3, -0.25) is 14.2 Å². The number of nitrogens with zero attached hydrogens (tertiary/aromatic N) is 2. The van der Waals surface area contributed by atoms with Gasteiger partial charge in [0.05, 0.1) is 28.0 Å². The van der Waals surface area contributed by atoms with Crippen molar-refractivity contribution in [1.82, 2.24) is 9.55 Å². The highest BCUT2D eigenvalue weighted by Gasteiger charge is 2.16. The molecule has 0 aliphatic carbocycles. The molecule has 0 aliphatic rings. The molecular formula is C29H23N3O3S. The van der Waals surface area contributed by atoms with Crippen LogP contribution in [-0.4, -0.2) is 21.2 Å². The monoisotopic (exact) mass is 493 g/mol. The molecule has 5 aromatic rings. The number of anilines is 1. The third kappa shape index (κ3) is 5.16. The second kappa shape index (κ2) is 10.5. The highest BCUT2D eigenvalue weighted by molar-refractivity contribution is 7.99. The zero-order valence-electron chi connectivity index (χ0n) is 19.5. The number of fused-ring (bicyclic) bond motifs is 1. The zero-order chi connectivity index (χ0) is 24.9. The van der Waals surface area contributed by atoms with Gasteiger partial charge in [-0.05, 0) is 55.5 Å². The molecule has 0 unspecified atom stereocenters. The average molecular weight is 494 g/mol. The summed E-state index contributed by atoms with van der Waals surface area (Å²) in [6, 6.07) is 31.5. The zero-order valence-corrected chi connectivity index (χ0v) is 20.4. The van der Waals surface area contributed by atoms with Gasteiger partial charge >= 0.3 is 0 Å². The summed E-state index contributed by atoms with van der Waals surface area (Å²) in [4.78, 5) is 31.0. The summed E-state index contributed by atoms with van der Waals surface area (Å²) in [6.45, 7) is 1.99. The van der Waals surface area contributed by atoms with Crippen molar-refractivity contribution in [2.45, 2.75) is 12.1 Å². The molecule has 178 valence electrons. The first-order chi connectivity index (χ1) is 17.6. The van der Waals surface area contributed by atoms with Gasteiger partial charge in [0.25, 0.3) is 5.56 Å². The summed E-state index contributed by atoms with van der Waals surface area (Å²) < 4.78 is 7.51. The van der Waals surface area contributed by atoms with E-state index in [9.17, 15) is 9.59 Å². The van der Waals surface area contributed by atoms with Crippen molar-refractivity contribution < 1.29 is 9.53 Å². The Kier molecular flexibility index (Phi) is 6.82. The minimum Gasteiger partial charge on any atom is -0.455 e. The summed E-state index contributed by atoms with van der Waals surface area (Å²) in [6.07, 6.45) is 0. The number of aryl methyl sites for hydroxylation is 1. The fourth-order valence-corrected chi connectivity index (χ4v) is 4.53. The Morgan fingerprint density at radius 2 is 1.58 bits per heavy atom. The van der Waals surface area contributed by atoms with Crippen molar-refractivity contribution in [1.29, 1.82) is 0 Å². The molecule has 0 bridgehead atoms. The first-order valence-electron chi connectivity index (χ1n) is 11.4. The Balaban J connectivity index is 1.40. The molecule has 0 saturated heterocycles. The Morgan fingerprint density at radius 3 is 2.39 bits per heavy atom. The number of nitrogens with one attached hydrogen (secondary N) is 1. The van der Waals surface area contributed by atoms with Crippen molar-refractivity contribution in [3.63, 3.8) is 0 Å². The summed E-state index contributed by atoms with van der Waals surface area (Å²) in [5.74, 6) is 1.05. The minimum atomic E-state index is -0.234. The number of hydrogen-bond donors (Lipinski definition) is 1. The van der Waals surface area contributed by atoms with Gasteiger partial charge in [0.2, 0.25) is 5.91 Å². The number of hydrogen-bond acceptors (Lipinski definition) is 5. The molecule has 36 heavy (non-hydrogen) atoms. The predicted octanol–water partition coefficient (Wildman–Crippen LogP) is 6.22. The third-order valence-electron chi connectivity index (χ3n) is 5.50. The highest BCUT2D eigenvalue weighted by Crippen LogP contribution is 2.29. The first kappa shape index (κ1) is 23.4. The second-order valence-electron chi connectivity index (χ2n) is 8.14. The van der Waals surface area contributed by atoms with Crippen molar-refractivity contribution in [3.8, 4) is 17.2 Å². The third-order valence-corrected chi connectivity index (χ3v) is 6.44. The van der Waals surface area contributed by atoms with E-state index < -0.39 is 0 Å². The van der Waals surface area contributed by atoms with Gasteiger partial charge in [-0.15, -0.1) is 0 Å². The first-order valence-corrected chi connectivity index (χ1v) is 12.4. The Hall–Kier alpha value is -4.36. The Morgan fingerprint density at radius 1 is 0.889 bits per heavy atom. The molecule has 7 heteroatoms. The summed E-state index contributed by atoms with van der Waals surface area (Å²) in [5, 5.41) is 3.90. The molecule has 1 amide bonds. The van der Waals surface area contributed by atoms with Crippen LogP contribution in [0.1, 0.15) is 5.56 Å². The molecule has 1 N–H and O–H groups in total. The predicted molar refractivity (Wildman–Crippen MR) is 144 cm³/mol. The van der Waals surface area contributed by atoms with Gasteiger partial charge < -0.3 is 10.1 Å². The van der Waals surface area contributed by atoms with Crippen LogP contribution >= 0.6 is 11.8 Å². The van der Waals surface area contributed by atoms with Crippen molar-refractivity contribution >= 4 is 34.3 Å². The van der Waals surface area contributed by atoms with E-state index in [-0.39, 0.29) is 17.2 Å². The van der Waals surface area contributed by atoms with E-state index in [1.165, 1.54) is 11.8 Å². The number of rotatable bonds is 7. The maximum atomic E-state index is 13.4. The number of aromatic nitrogens is 2. The molecule has 5 rings (SSSR count). The van der Waals surface area contributed by atoms with E-state index in [1.54, 1.807) is 28.8 Å². The van der Waals surface area contributed by atoms with Crippen LogP contribution in [0.25, 0.3) is 16.6 Å². The number of carbonyl (C=O) groups is 1. The SMILES string of the molecule is Cc1ccc(-n2c(SCC(=O)Nc3ccccc3Oc3ccccc3)nc3ccccc3c2=O)cc1. The number of amides is 1. The second-order valence-corrected chi connectivity index (χ2v) is 9.08. The molecule has 6 nitrogen and oxygen atoms in total. The van der Waals surface area contributed by atoms with E-state index in [2.05, 4.69) is 5.32 Å². The van der Waals surface area contributed by atoms with Crippen LogP contribution in [0.15, 0.2) is 113 Å². The van der Waals surface area contributed by atoms with Crippen LogP contribution < -0.4 is 15.6 Å². The van der Waals surface area contributed by atoms with E-state index >= 15 is 0 Å². The quantitative estimate of drug-likeness (QED) is 0.215. The van der Waals surface area contributed by atoms with Crippen LogP contribution in [0.5, 0.6) is 11.5 Å². The molecule has 0 atom stereocenters.